The number of nitrogens with zero attached hydrogens (tertiary/aromatic N) is 1. The number of hydrogen-bond donors (Lipinski definition) is 1. The van der Waals surface area contributed by atoms with Gasteiger partial charge in [0.25, 0.3) is 0 Å². The van der Waals surface area contributed by atoms with Crippen LogP contribution in [0.3, 0.4) is 0 Å². The van der Waals surface area contributed by atoms with Gasteiger partial charge < -0.3 is 9.84 Å². The number of aromatic nitrogens is 1. The summed E-state index contributed by atoms with van der Waals surface area (Å²) < 4.78 is 20.8. The summed E-state index contributed by atoms with van der Waals surface area (Å²) in [5.41, 5.74) is 0.892. The first kappa shape index (κ1) is 20.7. The number of thiophene rings is 1. The maximum Gasteiger partial charge on any atom is 0.337 e. The summed E-state index contributed by atoms with van der Waals surface area (Å²) in [6.45, 7) is 9.00. The van der Waals surface area contributed by atoms with Gasteiger partial charge in [-0.15, -0.1) is 11.3 Å². The van der Waals surface area contributed by atoms with Crippen molar-refractivity contribution in [1.82, 2.24) is 4.98 Å². The van der Waals surface area contributed by atoms with Crippen LogP contribution >= 0.6 is 22.9 Å². The molecule has 0 spiro atoms. The van der Waals surface area contributed by atoms with Crippen LogP contribution in [0, 0.1) is 19.7 Å². The summed E-state index contributed by atoms with van der Waals surface area (Å²) in [5, 5.41) is 10.9. The number of rotatable bonds is 4. The third-order valence-corrected chi connectivity index (χ3v) is 5.37. The Morgan fingerprint density at radius 1 is 1.29 bits per heavy atom. The van der Waals surface area contributed by atoms with Crippen LogP contribution in [0.1, 0.15) is 43.0 Å². The molecule has 1 atom stereocenters. The number of carbonyl (C=O) groups is 1. The van der Waals surface area contributed by atoms with Crippen molar-refractivity contribution in [2.24, 2.45) is 0 Å². The van der Waals surface area contributed by atoms with Gasteiger partial charge in [-0.05, 0) is 58.9 Å². The van der Waals surface area contributed by atoms with Crippen LogP contribution in [0.25, 0.3) is 21.3 Å². The number of aliphatic carboxylic acids is 1. The molecular weight excluding hydrogens is 401 g/mol. The van der Waals surface area contributed by atoms with Crippen molar-refractivity contribution in [2.45, 2.75) is 46.3 Å². The van der Waals surface area contributed by atoms with Crippen molar-refractivity contribution < 1.29 is 19.0 Å². The largest absolute Gasteiger partial charge is 0.479 e. The average Bonchev–Trinajstić information content (AvgIpc) is 2.91. The number of ether oxygens (including phenoxy) is 1. The van der Waals surface area contributed by atoms with E-state index in [1.165, 1.54) is 17.4 Å². The molecule has 0 saturated heterocycles. The zero-order chi connectivity index (χ0) is 20.8. The summed E-state index contributed by atoms with van der Waals surface area (Å²) in [6, 6.07) is 6.28. The van der Waals surface area contributed by atoms with Crippen LogP contribution < -0.4 is 0 Å². The Bertz CT molecular complexity index is 1070. The minimum absolute atomic E-state index is 0.270. The SMILES string of the molecule is Cc1cc2c(-c3ccc(Cl)cc3F)c([C@H](OC(C)(C)C)C(=O)O)c(C)nc2s1. The van der Waals surface area contributed by atoms with E-state index >= 15 is 0 Å². The minimum atomic E-state index is -1.29. The topological polar surface area (TPSA) is 59.4 Å². The second-order valence-corrected chi connectivity index (χ2v) is 9.31. The van der Waals surface area contributed by atoms with Gasteiger partial charge in [0, 0.05) is 37.7 Å². The highest BCUT2D eigenvalue weighted by atomic mass is 35.5. The van der Waals surface area contributed by atoms with E-state index in [4.69, 9.17) is 16.3 Å². The van der Waals surface area contributed by atoms with Gasteiger partial charge >= 0.3 is 5.97 Å². The van der Waals surface area contributed by atoms with Gasteiger partial charge in [-0.2, -0.15) is 0 Å². The van der Waals surface area contributed by atoms with Gasteiger partial charge in [0.05, 0.1) is 5.60 Å². The lowest BCUT2D eigenvalue weighted by Gasteiger charge is -2.27. The molecular formula is C21H21ClFNO3S. The first-order valence-electron chi connectivity index (χ1n) is 8.74. The molecule has 0 saturated carbocycles. The van der Waals surface area contributed by atoms with Gasteiger partial charge in [0.2, 0.25) is 0 Å². The van der Waals surface area contributed by atoms with Crippen molar-refractivity contribution >= 4 is 39.1 Å². The Morgan fingerprint density at radius 3 is 2.54 bits per heavy atom. The van der Waals surface area contributed by atoms with Crippen molar-refractivity contribution in [3.05, 3.63) is 51.2 Å². The molecule has 0 amide bonds. The van der Waals surface area contributed by atoms with Crippen molar-refractivity contribution in [2.75, 3.05) is 0 Å². The summed E-state index contributed by atoms with van der Waals surface area (Å²) >= 11 is 7.41. The molecule has 0 unspecified atom stereocenters. The molecule has 0 aliphatic rings. The molecule has 1 N–H and O–H groups in total. The minimum Gasteiger partial charge on any atom is -0.479 e. The number of carboxylic acid groups (broad SMARTS) is 1. The molecule has 2 aromatic heterocycles. The maximum atomic E-state index is 14.9. The molecule has 148 valence electrons. The van der Waals surface area contributed by atoms with Gasteiger partial charge in [-0.25, -0.2) is 14.2 Å². The Kier molecular flexibility index (Phi) is 5.49. The molecule has 7 heteroatoms. The smallest absolute Gasteiger partial charge is 0.337 e. The highest BCUT2D eigenvalue weighted by molar-refractivity contribution is 7.18. The van der Waals surface area contributed by atoms with Crippen molar-refractivity contribution in [3.8, 4) is 11.1 Å². The van der Waals surface area contributed by atoms with Crippen LogP contribution in [-0.4, -0.2) is 21.7 Å². The predicted octanol–water partition coefficient (Wildman–Crippen LogP) is 6.31. The molecule has 0 fully saturated rings. The molecule has 0 aliphatic carbocycles. The summed E-state index contributed by atoms with van der Waals surface area (Å²) in [6.07, 6.45) is -1.29. The first-order chi connectivity index (χ1) is 13.0. The van der Waals surface area contributed by atoms with Crippen LogP contribution in [0.2, 0.25) is 5.02 Å². The summed E-state index contributed by atoms with van der Waals surface area (Å²) in [4.78, 5) is 18.4. The number of hydrogen-bond acceptors (Lipinski definition) is 4. The van der Waals surface area contributed by atoms with Gasteiger partial charge in [-0.3, -0.25) is 0 Å². The van der Waals surface area contributed by atoms with Gasteiger partial charge in [-0.1, -0.05) is 11.6 Å². The van der Waals surface area contributed by atoms with E-state index < -0.39 is 23.5 Å². The predicted molar refractivity (Wildman–Crippen MR) is 111 cm³/mol. The van der Waals surface area contributed by atoms with Crippen molar-refractivity contribution in [1.29, 1.82) is 0 Å². The van der Waals surface area contributed by atoms with E-state index in [-0.39, 0.29) is 10.6 Å². The fourth-order valence-corrected chi connectivity index (χ4v) is 4.29. The number of benzene rings is 1. The quantitative estimate of drug-likeness (QED) is 0.536. The highest BCUT2D eigenvalue weighted by Gasteiger charge is 2.33. The normalized spacial score (nSPS) is 13.1. The van der Waals surface area contributed by atoms with E-state index in [0.717, 1.165) is 9.71 Å². The molecule has 3 rings (SSSR count). The number of carboxylic acids is 1. The van der Waals surface area contributed by atoms with E-state index in [1.807, 2.05) is 13.0 Å². The highest BCUT2D eigenvalue weighted by Crippen LogP contribution is 2.42. The maximum absolute atomic E-state index is 14.9. The fourth-order valence-electron chi connectivity index (χ4n) is 3.19. The molecule has 0 aliphatic heterocycles. The van der Waals surface area contributed by atoms with Crippen LogP contribution in [-0.2, 0) is 9.53 Å². The fraction of sp³-hybridized carbons (Fsp3) is 0.333. The zero-order valence-corrected chi connectivity index (χ0v) is 17.8. The Morgan fingerprint density at radius 2 is 1.96 bits per heavy atom. The lowest BCUT2D eigenvalue weighted by Crippen LogP contribution is -2.28. The van der Waals surface area contributed by atoms with E-state index in [0.29, 0.717) is 22.2 Å². The Balaban J connectivity index is 2.41. The number of fused-ring (bicyclic) bond motifs is 1. The molecule has 0 bridgehead atoms. The van der Waals surface area contributed by atoms with Crippen molar-refractivity contribution in [3.63, 3.8) is 0 Å². The summed E-state index contributed by atoms with van der Waals surface area (Å²) in [7, 11) is 0. The average molecular weight is 422 g/mol. The zero-order valence-electron chi connectivity index (χ0n) is 16.3. The number of pyridine rings is 1. The van der Waals surface area contributed by atoms with Crippen LogP contribution in [0.5, 0.6) is 0 Å². The lowest BCUT2D eigenvalue weighted by atomic mass is 9.92. The Labute approximate surface area is 171 Å². The molecule has 3 aromatic rings. The van der Waals surface area contributed by atoms with E-state index in [1.54, 1.807) is 39.8 Å². The van der Waals surface area contributed by atoms with E-state index in [9.17, 15) is 14.3 Å². The number of halogens is 2. The molecule has 1 aromatic carbocycles. The van der Waals surface area contributed by atoms with Crippen LogP contribution in [0.15, 0.2) is 24.3 Å². The molecule has 4 nitrogen and oxygen atoms in total. The van der Waals surface area contributed by atoms with Gasteiger partial charge in [0.15, 0.2) is 6.10 Å². The monoisotopic (exact) mass is 421 g/mol. The van der Waals surface area contributed by atoms with E-state index in [2.05, 4.69) is 4.98 Å². The molecule has 28 heavy (non-hydrogen) atoms. The first-order valence-corrected chi connectivity index (χ1v) is 9.94. The third-order valence-electron chi connectivity index (χ3n) is 4.19. The standard InChI is InChI=1S/C21H21ClFNO3S/c1-10-8-14-17(13-7-6-12(22)9-15(13)23)16(11(2)24-19(14)28-10)18(20(25)26)27-21(3,4)5/h6-9,18H,1-5H3,(H,25,26)/t18-/m0/s1. The second-order valence-electron chi connectivity index (χ2n) is 7.63. The molecule has 2 heterocycles. The number of aryl methyl sites for hydroxylation is 2. The summed E-state index contributed by atoms with van der Waals surface area (Å²) in [5.74, 6) is -1.67. The van der Waals surface area contributed by atoms with Crippen LogP contribution in [0.4, 0.5) is 4.39 Å². The Hall–Kier alpha value is -2.02. The second kappa shape index (κ2) is 7.43. The lowest BCUT2D eigenvalue weighted by molar-refractivity contribution is -0.160. The molecule has 0 radical (unpaired) electrons. The van der Waals surface area contributed by atoms with Gasteiger partial charge in [0.1, 0.15) is 10.6 Å². The third kappa shape index (κ3) is 4.04.